The van der Waals surface area contributed by atoms with Gasteiger partial charge in [-0.05, 0) is 38.6 Å². The molecule has 1 atom stereocenters. The Morgan fingerprint density at radius 3 is 2.76 bits per heavy atom. The van der Waals surface area contributed by atoms with Crippen molar-refractivity contribution in [3.05, 3.63) is 0 Å². The predicted octanol–water partition coefficient (Wildman–Crippen LogP) is 2.02. The fraction of sp³-hybridized carbons (Fsp3) is 1.00. The van der Waals surface area contributed by atoms with E-state index in [1.165, 1.54) is 51.6 Å². The average Bonchev–Trinajstić information content (AvgIpc) is 3.05. The first-order valence-electron chi connectivity index (χ1n) is 7.46. The summed E-state index contributed by atoms with van der Waals surface area (Å²) in [5, 5.41) is 3.55. The third-order valence-electron chi connectivity index (χ3n) is 3.83. The van der Waals surface area contributed by atoms with Crippen LogP contribution in [0.5, 0.6) is 0 Å². The molecular formula is C14H28N2O. The zero-order valence-electron chi connectivity index (χ0n) is 11.3. The Balaban J connectivity index is 1.52. The highest BCUT2D eigenvalue weighted by Crippen LogP contribution is 2.26. The van der Waals surface area contributed by atoms with Gasteiger partial charge in [-0.25, -0.2) is 0 Å². The van der Waals surface area contributed by atoms with E-state index in [1.54, 1.807) is 0 Å². The Kier molecular flexibility index (Phi) is 5.75. The SMILES string of the molecule is CCCCN(CCNCC1CCCO1)C1CC1. The van der Waals surface area contributed by atoms with E-state index >= 15 is 0 Å². The van der Waals surface area contributed by atoms with E-state index in [4.69, 9.17) is 4.74 Å². The number of ether oxygens (including phenoxy) is 1. The van der Waals surface area contributed by atoms with Gasteiger partial charge in [0.25, 0.3) is 0 Å². The molecule has 1 heterocycles. The highest BCUT2D eigenvalue weighted by Gasteiger charge is 2.27. The van der Waals surface area contributed by atoms with Crippen molar-refractivity contribution in [1.82, 2.24) is 10.2 Å². The minimum Gasteiger partial charge on any atom is -0.377 e. The van der Waals surface area contributed by atoms with Gasteiger partial charge in [0, 0.05) is 32.3 Å². The van der Waals surface area contributed by atoms with Crippen molar-refractivity contribution < 1.29 is 4.74 Å². The summed E-state index contributed by atoms with van der Waals surface area (Å²) in [6, 6.07) is 0.908. The standard InChI is InChI=1S/C14H28N2O/c1-2-3-9-16(13-6-7-13)10-8-15-12-14-5-4-11-17-14/h13-15H,2-12H2,1H3. The number of nitrogens with one attached hydrogen (secondary N) is 1. The first-order valence-corrected chi connectivity index (χ1v) is 7.46. The molecule has 0 bridgehead atoms. The van der Waals surface area contributed by atoms with Gasteiger partial charge in [0.15, 0.2) is 0 Å². The molecule has 3 nitrogen and oxygen atoms in total. The van der Waals surface area contributed by atoms with E-state index in [9.17, 15) is 0 Å². The van der Waals surface area contributed by atoms with Crippen LogP contribution in [0.4, 0.5) is 0 Å². The van der Waals surface area contributed by atoms with E-state index in [-0.39, 0.29) is 0 Å². The summed E-state index contributed by atoms with van der Waals surface area (Å²) in [5.41, 5.74) is 0. The maximum atomic E-state index is 5.61. The molecule has 1 unspecified atom stereocenters. The summed E-state index contributed by atoms with van der Waals surface area (Å²) in [5.74, 6) is 0. The van der Waals surface area contributed by atoms with Crippen LogP contribution in [0.2, 0.25) is 0 Å². The van der Waals surface area contributed by atoms with Crippen LogP contribution in [0.15, 0.2) is 0 Å². The fourth-order valence-electron chi connectivity index (χ4n) is 2.57. The maximum Gasteiger partial charge on any atom is 0.0700 e. The molecule has 100 valence electrons. The Hall–Kier alpha value is -0.120. The van der Waals surface area contributed by atoms with Crippen LogP contribution in [0, 0.1) is 0 Å². The van der Waals surface area contributed by atoms with E-state index in [2.05, 4.69) is 17.1 Å². The number of hydrogen-bond donors (Lipinski definition) is 1. The summed E-state index contributed by atoms with van der Waals surface area (Å²) < 4.78 is 5.61. The zero-order chi connectivity index (χ0) is 11.9. The van der Waals surface area contributed by atoms with Crippen molar-refractivity contribution in [3.63, 3.8) is 0 Å². The normalized spacial score (nSPS) is 24.7. The maximum absolute atomic E-state index is 5.61. The summed E-state index contributed by atoms with van der Waals surface area (Å²) in [6.07, 6.45) is 8.49. The molecule has 1 saturated heterocycles. The van der Waals surface area contributed by atoms with Crippen LogP contribution >= 0.6 is 0 Å². The lowest BCUT2D eigenvalue weighted by molar-refractivity contribution is 0.109. The van der Waals surface area contributed by atoms with E-state index < -0.39 is 0 Å². The predicted molar refractivity (Wildman–Crippen MR) is 71.3 cm³/mol. The largest absolute Gasteiger partial charge is 0.377 e. The minimum absolute atomic E-state index is 0.486. The van der Waals surface area contributed by atoms with Gasteiger partial charge in [0.1, 0.15) is 0 Å². The Morgan fingerprint density at radius 1 is 1.24 bits per heavy atom. The molecule has 17 heavy (non-hydrogen) atoms. The zero-order valence-corrected chi connectivity index (χ0v) is 11.3. The summed E-state index contributed by atoms with van der Waals surface area (Å²) >= 11 is 0. The number of rotatable bonds is 9. The van der Waals surface area contributed by atoms with Gasteiger partial charge in [0.2, 0.25) is 0 Å². The molecule has 2 aliphatic rings. The molecule has 0 aromatic carbocycles. The van der Waals surface area contributed by atoms with Crippen molar-refractivity contribution in [2.45, 2.75) is 57.6 Å². The molecule has 2 fully saturated rings. The Bertz CT molecular complexity index is 200. The van der Waals surface area contributed by atoms with Crippen LogP contribution in [0.25, 0.3) is 0 Å². The molecule has 0 aromatic heterocycles. The third kappa shape index (κ3) is 4.94. The van der Waals surface area contributed by atoms with Gasteiger partial charge in [-0.3, -0.25) is 4.90 Å². The quantitative estimate of drug-likeness (QED) is 0.624. The molecule has 0 amide bonds. The summed E-state index contributed by atoms with van der Waals surface area (Å²) in [4.78, 5) is 2.67. The van der Waals surface area contributed by atoms with Crippen molar-refractivity contribution in [2.75, 3.05) is 32.8 Å². The smallest absolute Gasteiger partial charge is 0.0700 e. The lowest BCUT2D eigenvalue weighted by Gasteiger charge is -2.22. The van der Waals surface area contributed by atoms with Gasteiger partial charge in [-0.1, -0.05) is 13.3 Å². The fourth-order valence-corrected chi connectivity index (χ4v) is 2.57. The van der Waals surface area contributed by atoms with E-state index in [0.29, 0.717) is 6.10 Å². The topological polar surface area (TPSA) is 24.5 Å². The van der Waals surface area contributed by atoms with Crippen LogP contribution in [0.3, 0.4) is 0 Å². The van der Waals surface area contributed by atoms with Gasteiger partial charge in [-0.15, -0.1) is 0 Å². The number of hydrogen-bond acceptors (Lipinski definition) is 3. The van der Waals surface area contributed by atoms with Gasteiger partial charge in [0.05, 0.1) is 6.10 Å². The molecule has 0 aromatic rings. The van der Waals surface area contributed by atoms with Crippen LogP contribution in [-0.2, 0) is 4.74 Å². The van der Waals surface area contributed by atoms with Crippen LogP contribution in [-0.4, -0.2) is 49.8 Å². The highest BCUT2D eigenvalue weighted by atomic mass is 16.5. The van der Waals surface area contributed by atoms with Gasteiger partial charge >= 0.3 is 0 Å². The van der Waals surface area contributed by atoms with Crippen molar-refractivity contribution in [3.8, 4) is 0 Å². The van der Waals surface area contributed by atoms with Crippen molar-refractivity contribution >= 4 is 0 Å². The number of unbranched alkanes of at least 4 members (excludes halogenated alkanes) is 1. The second-order valence-electron chi connectivity index (χ2n) is 5.46. The van der Waals surface area contributed by atoms with Crippen LogP contribution in [0.1, 0.15) is 45.4 Å². The second kappa shape index (κ2) is 7.34. The lowest BCUT2D eigenvalue weighted by atomic mass is 10.2. The third-order valence-corrected chi connectivity index (χ3v) is 3.83. The number of nitrogens with zero attached hydrogens (tertiary/aromatic N) is 1. The Morgan fingerprint density at radius 2 is 2.12 bits per heavy atom. The average molecular weight is 240 g/mol. The van der Waals surface area contributed by atoms with Gasteiger partial charge in [-0.2, -0.15) is 0 Å². The molecule has 0 spiro atoms. The monoisotopic (exact) mass is 240 g/mol. The molecule has 1 N–H and O–H groups in total. The Labute approximate surface area is 106 Å². The van der Waals surface area contributed by atoms with E-state index in [0.717, 1.165) is 25.7 Å². The molecular weight excluding hydrogens is 212 g/mol. The molecule has 1 aliphatic heterocycles. The molecule has 0 radical (unpaired) electrons. The van der Waals surface area contributed by atoms with Crippen molar-refractivity contribution in [2.24, 2.45) is 0 Å². The lowest BCUT2D eigenvalue weighted by Crippen LogP contribution is -2.37. The first kappa shape index (κ1) is 13.3. The van der Waals surface area contributed by atoms with Gasteiger partial charge < -0.3 is 10.1 Å². The highest BCUT2D eigenvalue weighted by molar-refractivity contribution is 4.84. The van der Waals surface area contributed by atoms with E-state index in [1.807, 2.05) is 0 Å². The molecule has 1 saturated carbocycles. The van der Waals surface area contributed by atoms with Crippen LogP contribution < -0.4 is 5.32 Å². The summed E-state index contributed by atoms with van der Waals surface area (Å²) in [6.45, 7) is 7.93. The molecule has 2 rings (SSSR count). The van der Waals surface area contributed by atoms with Crippen molar-refractivity contribution in [1.29, 1.82) is 0 Å². The molecule has 3 heteroatoms. The minimum atomic E-state index is 0.486. The second-order valence-corrected chi connectivity index (χ2v) is 5.46. The first-order chi connectivity index (χ1) is 8.40. The molecule has 1 aliphatic carbocycles. The summed E-state index contributed by atoms with van der Waals surface area (Å²) in [7, 11) is 0.